The Bertz CT molecular complexity index is 1380. The van der Waals surface area contributed by atoms with Gasteiger partial charge in [0.25, 0.3) is 0 Å². The van der Waals surface area contributed by atoms with Crippen molar-refractivity contribution in [1.29, 1.82) is 0 Å². The second kappa shape index (κ2) is 13.2. The number of ketones is 1. The summed E-state index contributed by atoms with van der Waals surface area (Å²) in [6.07, 6.45) is 7.65. The first kappa shape index (κ1) is 34.3. The van der Waals surface area contributed by atoms with Crippen LogP contribution in [0.2, 0.25) is 0 Å². The second-order valence-corrected chi connectivity index (χ2v) is 17.5. The Morgan fingerprint density at radius 3 is 2.35 bits per heavy atom. The van der Waals surface area contributed by atoms with Crippen LogP contribution in [-0.4, -0.2) is 123 Å². The molecule has 282 valence electrons. The van der Waals surface area contributed by atoms with Gasteiger partial charge in [0.15, 0.2) is 5.79 Å². The molecule has 9 unspecified atom stereocenters. The molecule has 0 aromatic carbocycles. The third-order valence-corrected chi connectivity index (χ3v) is 14.1. The first-order valence-electron chi connectivity index (χ1n) is 20.0. The van der Waals surface area contributed by atoms with Gasteiger partial charge in [-0.25, -0.2) is 0 Å². The molecule has 51 heavy (non-hydrogen) atoms. The number of epoxide rings is 1. The highest BCUT2D eigenvalue weighted by Crippen LogP contribution is 2.54. The van der Waals surface area contributed by atoms with Crippen molar-refractivity contribution in [3.8, 4) is 0 Å². The zero-order valence-corrected chi connectivity index (χ0v) is 30.2. The maximum atomic E-state index is 14.1. The molecule has 0 radical (unpaired) electrons. The molecule has 12 bridgehead atoms. The van der Waals surface area contributed by atoms with E-state index in [-0.39, 0.29) is 109 Å². The topological polar surface area (TPSA) is 113 Å². The lowest BCUT2D eigenvalue weighted by molar-refractivity contribution is -0.292. The van der Waals surface area contributed by atoms with Crippen molar-refractivity contribution < 1.29 is 52.2 Å². The summed E-state index contributed by atoms with van der Waals surface area (Å²) in [5.41, 5.74) is 2.28. The largest absolute Gasteiger partial charge is 0.378 e. The molecule has 11 aliphatic heterocycles. The number of fused-ring (bicyclic) bond motifs is 6. The molecule has 11 rings (SSSR count). The Hall–Kier alpha value is -1.25. The van der Waals surface area contributed by atoms with E-state index < -0.39 is 5.79 Å². The minimum Gasteiger partial charge on any atom is -0.378 e. The molecule has 0 saturated carbocycles. The molecule has 11 fully saturated rings. The van der Waals surface area contributed by atoms with E-state index in [1.54, 1.807) is 7.11 Å². The van der Waals surface area contributed by atoms with E-state index >= 15 is 0 Å². The molecular weight excluding hydrogens is 656 g/mol. The molecule has 0 amide bonds. The number of hydrogen-bond donors (Lipinski definition) is 0. The number of rotatable bonds is 3. The summed E-state index contributed by atoms with van der Waals surface area (Å²) in [5.74, 6) is -0.359. The van der Waals surface area contributed by atoms with Gasteiger partial charge in [0.2, 0.25) is 0 Å². The quantitative estimate of drug-likeness (QED) is 0.304. The Morgan fingerprint density at radius 1 is 0.745 bits per heavy atom. The van der Waals surface area contributed by atoms with Crippen molar-refractivity contribution in [2.45, 2.75) is 194 Å². The first-order valence-corrected chi connectivity index (χ1v) is 20.0. The monoisotopic (exact) mass is 712 g/mol. The Morgan fingerprint density at radius 2 is 1.51 bits per heavy atom. The number of carbonyl (C=O) groups is 1. The summed E-state index contributed by atoms with van der Waals surface area (Å²) in [7, 11) is 1.74. The van der Waals surface area contributed by atoms with Crippen LogP contribution in [0.1, 0.15) is 90.4 Å². The highest BCUT2D eigenvalue weighted by atomic mass is 16.8. The van der Waals surface area contributed by atoms with Gasteiger partial charge in [-0.1, -0.05) is 20.1 Å². The zero-order chi connectivity index (χ0) is 34.6. The van der Waals surface area contributed by atoms with Crippen molar-refractivity contribution in [3.05, 3.63) is 24.3 Å². The highest BCUT2D eigenvalue weighted by Gasteiger charge is 2.68. The van der Waals surface area contributed by atoms with Gasteiger partial charge in [-0.2, -0.15) is 0 Å². The van der Waals surface area contributed by atoms with Crippen LogP contribution in [0.25, 0.3) is 0 Å². The average Bonchev–Trinajstić information content (AvgIpc) is 3.56. The van der Waals surface area contributed by atoms with Crippen LogP contribution in [0.4, 0.5) is 0 Å². The fourth-order valence-corrected chi connectivity index (χ4v) is 11.4. The lowest BCUT2D eigenvalue weighted by atomic mass is 9.81. The summed E-state index contributed by atoms with van der Waals surface area (Å²) < 4.78 is 65.9. The molecule has 11 aliphatic rings. The number of hydrogen-bond acceptors (Lipinski definition) is 11. The Labute approximate surface area is 301 Å². The van der Waals surface area contributed by atoms with E-state index in [2.05, 4.69) is 20.1 Å². The molecule has 11 heterocycles. The number of ether oxygens (including phenoxy) is 10. The Balaban J connectivity index is 0.931. The summed E-state index contributed by atoms with van der Waals surface area (Å²) in [5, 5.41) is 0. The van der Waals surface area contributed by atoms with Gasteiger partial charge in [0, 0.05) is 51.6 Å². The van der Waals surface area contributed by atoms with Crippen molar-refractivity contribution in [1.82, 2.24) is 0 Å². The van der Waals surface area contributed by atoms with Crippen molar-refractivity contribution in [2.75, 3.05) is 13.7 Å². The minimum absolute atomic E-state index is 0.0126. The average molecular weight is 713 g/mol. The SMILES string of the molecule is C=C1CC2CC[C@@]34C[C@H]5OC6C(O3)[C@H]3OC(CCC3O[C@H]6C5O4)CC(=O)CC3C(C[C@H]4O[C@@H](CCC1O2)C[C@@H](C)C4=C)O[C@H](C[C@H]1CO1)[C@@H]3OC. The van der Waals surface area contributed by atoms with E-state index in [0.29, 0.717) is 31.6 Å². The van der Waals surface area contributed by atoms with Gasteiger partial charge in [0.1, 0.15) is 36.3 Å². The summed E-state index contributed by atoms with van der Waals surface area (Å²) >= 11 is 0. The molecular formula is C40H56O11. The Kier molecular flexibility index (Phi) is 8.87. The van der Waals surface area contributed by atoms with Gasteiger partial charge in [0.05, 0.1) is 73.8 Å². The van der Waals surface area contributed by atoms with Crippen molar-refractivity contribution in [2.24, 2.45) is 11.8 Å². The number of methoxy groups -OCH3 is 1. The molecule has 0 aromatic rings. The summed E-state index contributed by atoms with van der Waals surface area (Å²) in [6, 6.07) is 0. The lowest BCUT2D eigenvalue weighted by Crippen LogP contribution is -2.61. The van der Waals surface area contributed by atoms with E-state index in [1.807, 2.05) is 0 Å². The molecule has 0 N–H and O–H groups in total. The zero-order valence-electron chi connectivity index (χ0n) is 30.2. The smallest absolute Gasteiger partial charge is 0.172 e. The third kappa shape index (κ3) is 6.23. The highest BCUT2D eigenvalue weighted by molar-refractivity contribution is 5.79. The second-order valence-electron chi connectivity index (χ2n) is 17.5. The fourth-order valence-electron chi connectivity index (χ4n) is 11.4. The van der Waals surface area contributed by atoms with Gasteiger partial charge >= 0.3 is 0 Å². The van der Waals surface area contributed by atoms with Crippen molar-refractivity contribution >= 4 is 5.78 Å². The minimum atomic E-state index is -0.758. The molecule has 11 nitrogen and oxygen atoms in total. The molecule has 11 heteroatoms. The van der Waals surface area contributed by atoms with E-state index in [4.69, 9.17) is 47.4 Å². The van der Waals surface area contributed by atoms with Gasteiger partial charge in [-0.15, -0.1) is 0 Å². The van der Waals surface area contributed by atoms with Gasteiger partial charge in [-0.05, 0) is 62.0 Å². The van der Waals surface area contributed by atoms with Crippen LogP contribution in [0, 0.1) is 11.8 Å². The summed E-state index contributed by atoms with van der Waals surface area (Å²) in [6.45, 7) is 12.0. The first-order chi connectivity index (χ1) is 24.7. The van der Waals surface area contributed by atoms with Gasteiger partial charge in [-0.3, -0.25) is 4.79 Å². The van der Waals surface area contributed by atoms with Crippen LogP contribution in [0.5, 0.6) is 0 Å². The molecule has 11 saturated heterocycles. The van der Waals surface area contributed by atoms with Crippen LogP contribution in [0.3, 0.4) is 0 Å². The fraction of sp³-hybridized carbons (Fsp3) is 0.875. The van der Waals surface area contributed by atoms with Gasteiger partial charge < -0.3 is 47.4 Å². The predicted octanol–water partition coefficient (Wildman–Crippen LogP) is 4.52. The normalized spacial score (nSPS) is 55.1. The molecule has 19 atom stereocenters. The number of carbonyl (C=O) groups excluding carboxylic acids is 1. The van der Waals surface area contributed by atoms with E-state index in [9.17, 15) is 4.79 Å². The van der Waals surface area contributed by atoms with E-state index in [1.165, 1.54) is 0 Å². The maximum absolute atomic E-state index is 14.1. The molecule has 1 spiro atoms. The van der Waals surface area contributed by atoms with Crippen LogP contribution >= 0.6 is 0 Å². The summed E-state index contributed by atoms with van der Waals surface area (Å²) in [4.78, 5) is 14.1. The van der Waals surface area contributed by atoms with E-state index in [0.717, 1.165) is 75.5 Å². The van der Waals surface area contributed by atoms with Crippen molar-refractivity contribution in [3.63, 3.8) is 0 Å². The lowest BCUT2D eigenvalue weighted by Gasteiger charge is -2.47. The maximum Gasteiger partial charge on any atom is 0.172 e. The molecule has 0 aromatic heterocycles. The van der Waals surface area contributed by atoms with Crippen LogP contribution in [-0.2, 0) is 52.2 Å². The third-order valence-electron chi connectivity index (χ3n) is 14.1. The van der Waals surface area contributed by atoms with Crippen LogP contribution < -0.4 is 0 Å². The predicted molar refractivity (Wildman–Crippen MR) is 181 cm³/mol. The number of Topliss-reactive ketones (excluding diaryl/α,β-unsaturated/α-hetero) is 1. The molecule has 0 aliphatic carbocycles. The van der Waals surface area contributed by atoms with Crippen LogP contribution in [0.15, 0.2) is 24.3 Å². The standard InChI is InChI=1S/C40H56O11/c1-19-11-23-5-7-28-20(2)12-25(44-28)9-10-40-17-33-36(50-40)37-38(49-33)39(51-40)35-29(48-37)8-6-24(46-35)13-22(41)14-27-31(16-30(45-23)21(19)3)47-32(34(27)42-4)15-26-18-43-26/h19,23-39H,2-3,5-18H2,1,4H3/t19-,23+,24?,25?,26+,27?,28?,29?,30-,31?,32-,33-,34-,35+,36?,37+,38?,39?,40+/m1/s1.